The minimum atomic E-state index is -0.0272. The van der Waals surface area contributed by atoms with E-state index in [4.69, 9.17) is 4.74 Å². The van der Waals surface area contributed by atoms with E-state index in [1.54, 1.807) is 14.2 Å². The van der Waals surface area contributed by atoms with Gasteiger partial charge in [-0.25, -0.2) is 0 Å². The number of likely N-dealkylation sites (N-methyl/N-ethyl adjacent to an activating group) is 1. The summed E-state index contributed by atoms with van der Waals surface area (Å²) in [4.78, 5) is 13.8. The summed E-state index contributed by atoms with van der Waals surface area (Å²) in [6.45, 7) is 4.31. The maximum absolute atomic E-state index is 11.6. The molecule has 0 saturated carbocycles. The Morgan fingerprint density at radius 3 is 3.13 bits per heavy atom. The highest BCUT2D eigenvalue weighted by atomic mass is 16.5. The van der Waals surface area contributed by atoms with Crippen LogP contribution >= 0.6 is 0 Å². The van der Waals surface area contributed by atoms with E-state index >= 15 is 0 Å². The second-order valence-electron chi connectivity index (χ2n) is 3.72. The van der Waals surface area contributed by atoms with Crippen molar-refractivity contribution in [2.45, 2.75) is 12.5 Å². The van der Waals surface area contributed by atoms with Crippen LogP contribution in [-0.2, 0) is 9.53 Å². The van der Waals surface area contributed by atoms with E-state index in [1.165, 1.54) is 0 Å². The number of rotatable bonds is 5. The van der Waals surface area contributed by atoms with Crippen molar-refractivity contribution in [1.29, 1.82) is 0 Å². The third-order valence-electron chi connectivity index (χ3n) is 2.70. The Morgan fingerprint density at radius 2 is 2.47 bits per heavy atom. The fourth-order valence-electron chi connectivity index (χ4n) is 1.85. The number of hydrogen-bond donors (Lipinski definition) is 2. The molecule has 1 aliphatic rings. The molecule has 5 nitrogen and oxygen atoms in total. The van der Waals surface area contributed by atoms with Crippen molar-refractivity contribution in [1.82, 2.24) is 15.5 Å². The molecule has 15 heavy (non-hydrogen) atoms. The molecule has 0 spiro atoms. The Bertz CT molecular complexity index is 199. The predicted octanol–water partition coefficient (Wildman–Crippen LogP) is -0.957. The summed E-state index contributed by atoms with van der Waals surface area (Å²) in [7, 11) is 3.39. The molecule has 1 heterocycles. The maximum atomic E-state index is 11.6. The predicted molar refractivity (Wildman–Crippen MR) is 58.8 cm³/mol. The van der Waals surface area contributed by atoms with Gasteiger partial charge in [-0.15, -0.1) is 0 Å². The number of carbonyl (C=O) groups is 1. The third-order valence-corrected chi connectivity index (χ3v) is 2.70. The molecule has 88 valence electrons. The van der Waals surface area contributed by atoms with Gasteiger partial charge in [0.25, 0.3) is 0 Å². The van der Waals surface area contributed by atoms with E-state index in [-0.39, 0.29) is 11.9 Å². The van der Waals surface area contributed by atoms with Crippen LogP contribution < -0.4 is 10.6 Å². The zero-order valence-corrected chi connectivity index (χ0v) is 9.58. The van der Waals surface area contributed by atoms with E-state index in [0.717, 1.165) is 39.2 Å². The Labute approximate surface area is 91.2 Å². The van der Waals surface area contributed by atoms with Gasteiger partial charge in [-0.2, -0.15) is 0 Å². The number of nitrogens with one attached hydrogen (secondary N) is 2. The number of hydrogen-bond acceptors (Lipinski definition) is 4. The number of carbonyl (C=O) groups excluding carboxylic acids is 1. The standard InChI is InChI=1S/C10H21N3O2/c1-11-10(14)9-8-12-4-6-13(9)5-3-7-15-2/h9,12H,3-8H2,1-2H3,(H,11,14). The van der Waals surface area contributed by atoms with Crippen LogP contribution in [-0.4, -0.2) is 63.8 Å². The molecule has 1 aliphatic heterocycles. The molecule has 1 atom stereocenters. The summed E-state index contributed by atoms with van der Waals surface area (Å²) in [6, 6.07) is -0.0272. The van der Waals surface area contributed by atoms with E-state index < -0.39 is 0 Å². The molecule has 0 bridgehead atoms. The number of piperazine rings is 1. The summed E-state index contributed by atoms with van der Waals surface area (Å²) in [5.74, 6) is 0.0969. The Morgan fingerprint density at radius 1 is 1.67 bits per heavy atom. The molecular formula is C10H21N3O2. The zero-order chi connectivity index (χ0) is 11.1. The normalized spacial score (nSPS) is 22.7. The minimum absolute atomic E-state index is 0.0272. The highest BCUT2D eigenvalue weighted by molar-refractivity contribution is 5.81. The quantitative estimate of drug-likeness (QED) is 0.580. The zero-order valence-electron chi connectivity index (χ0n) is 9.58. The maximum Gasteiger partial charge on any atom is 0.238 e. The molecule has 1 amide bonds. The summed E-state index contributed by atoms with van der Waals surface area (Å²) >= 11 is 0. The van der Waals surface area contributed by atoms with Gasteiger partial charge in [-0.3, -0.25) is 9.69 Å². The molecule has 2 N–H and O–H groups in total. The second kappa shape index (κ2) is 6.76. The van der Waals surface area contributed by atoms with Gasteiger partial charge in [0, 0.05) is 46.9 Å². The molecule has 5 heteroatoms. The topological polar surface area (TPSA) is 53.6 Å². The van der Waals surface area contributed by atoms with Crippen LogP contribution in [0.4, 0.5) is 0 Å². The van der Waals surface area contributed by atoms with Gasteiger partial charge in [-0.05, 0) is 6.42 Å². The van der Waals surface area contributed by atoms with Crippen molar-refractivity contribution in [2.24, 2.45) is 0 Å². The Hall–Kier alpha value is -0.650. The van der Waals surface area contributed by atoms with E-state index in [2.05, 4.69) is 15.5 Å². The van der Waals surface area contributed by atoms with Gasteiger partial charge in [0.05, 0.1) is 0 Å². The highest BCUT2D eigenvalue weighted by Crippen LogP contribution is 2.04. The molecule has 1 rings (SSSR count). The largest absolute Gasteiger partial charge is 0.385 e. The SMILES string of the molecule is CNC(=O)C1CNCCN1CCCOC. The van der Waals surface area contributed by atoms with Gasteiger partial charge < -0.3 is 15.4 Å². The van der Waals surface area contributed by atoms with Crippen LogP contribution in [0.25, 0.3) is 0 Å². The monoisotopic (exact) mass is 215 g/mol. The lowest BCUT2D eigenvalue weighted by Gasteiger charge is -2.34. The van der Waals surface area contributed by atoms with Gasteiger partial charge in [0.15, 0.2) is 0 Å². The summed E-state index contributed by atoms with van der Waals surface area (Å²) in [6.07, 6.45) is 0.976. The lowest BCUT2D eigenvalue weighted by molar-refractivity contribution is -0.126. The fourth-order valence-corrected chi connectivity index (χ4v) is 1.85. The molecule has 1 fully saturated rings. The molecule has 0 aliphatic carbocycles. The van der Waals surface area contributed by atoms with E-state index in [1.807, 2.05) is 0 Å². The van der Waals surface area contributed by atoms with Gasteiger partial charge in [0.2, 0.25) is 5.91 Å². The first-order valence-corrected chi connectivity index (χ1v) is 5.45. The van der Waals surface area contributed by atoms with Gasteiger partial charge in [-0.1, -0.05) is 0 Å². The molecule has 1 unspecified atom stereocenters. The summed E-state index contributed by atoms with van der Waals surface area (Å²) in [5.41, 5.74) is 0. The number of amides is 1. The number of methoxy groups -OCH3 is 1. The van der Waals surface area contributed by atoms with Crippen molar-refractivity contribution in [3.8, 4) is 0 Å². The Kier molecular flexibility index (Phi) is 5.60. The average Bonchev–Trinajstić information content (AvgIpc) is 2.29. The van der Waals surface area contributed by atoms with E-state index in [9.17, 15) is 4.79 Å². The third kappa shape index (κ3) is 3.77. The number of nitrogens with zero attached hydrogens (tertiary/aromatic N) is 1. The molecule has 1 saturated heterocycles. The van der Waals surface area contributed by atoms with Crippen LogP contribution in [0.5, 0.6) is 0 Å². The van der Waals surface area contributed by atoms with Crippen LogP contribution in [0.15, 0.2) is 0 Å². The lowest BCUT2D eigenvalue weighted by atomic mass is 10.1. The second-order valence-corrected chi connectivity index (χ2v) is 3.72. The fraction of sp³-hybridized carbons (Fsp3) is 0.900. The van der Waals surface area contributed by atoms with Crippen LogP contribution in [0.2, 0.25) is 0 Å². The van der Waals surface area contributed by atoms with Crippen molar-refractivity contribution in [2.75, 3.05) is 46.9 Å². The van der Waals surface area contributed by atoms with Crippen molar-refractivity contribution >= 4 is 5.91 Å². The summed E-state index contributed by atoms with van der Waals surface area (Å²) < 4.78 is 5.01. The van der Waals surface area contributed by atoms with E-state index in [0.29, 0.717) is 0 Å². The highest BCUT2D eigenvalue weighted by Gasteiger charge is 2.26. The first-order chi connectivity index (χ1) is 7.29. The molecule has 0 aromatic rings. The first kappa shape index (κ1) is 12.4. The average molecular weight is 215 g/mol. The van der Waals surface area contributed by atoms with Gasteiger partial charge >= 0.3 is 0 Å². The Balaban J connectivity index is 2.39. The molecule has 0 radical (unpaired) electrons. The van der Waals surface area contributed by atoms with Crippen molar-refractivity contribution in [3.05, 3.63) is 0 Å². The first-order valence-electron chi connectivity index (χ1n) is 5.45. The molecule has 0 aromatic heterocycles. The lowest BCUT2D eigenvalue weighted by Crippen LogP contribution is -2.57. The van der Waals surface area contributed by atoms with Crippen LogP contribution in [0.1, 0.15) is 6.42 Å². The number of ether oxygens (including phenoxy) is 1. The van der Waals surface area contributed by atoms with Crippen LogP contribution in [0, 0.1) is 0 Å². The van der Waals surface area contributed by atoms with Crippen molar-refractivity contribution < 1.29 is 9.53 Å². The minimum Gasteiger partial charge on any atom is -0.385 e. The molecular weight excluding hydrogens is 194 g/mol. The van der Waals surface area contributed by atoms with Crippen LogP contribution in [0.3, 0.4) is 0 Å². The molecule has 0 aromatic carbocycles. The van der Waals surface area contributed by atoms with Gasteiger partial charge in [0.1, 0.15) is 6.04 Å². The van der Waals surface area contributed by atoms with Crippen molar-refractivity contribution in [3.63, 3.8) is 0 Å². The summed E-state index contributed by atoms with van der Waals surface area (Å²) in [5, 5.41) is 5.94. The smallest absolute Gasteiger partial charge is 0.238 e.